The monoisotopic (exact) mass is 196 g/mol. The van der Waals surface area contributed by atoms with Crippen LogP contribution >= 0.6 is 25.9 Å². The topological polar surface area (TPSA) is 46.1 Å². The Morgan fingerprint density at radius 1 is 1.80 bits per heavy atom. The van der Waals surface area contributed by atoms with Crippen molar-refractivity contribution in [2.45, 2.75) is 13.2 Å². The molecule has 8 heteroatoms. The fourth-order valence-electron chi connectivity index (χ4n) is 0.607. The summed E-state index contributed by atoms with van der Waals surface area (Å²) in [5, 5.41) is 0. The van der Waals surface area contributed by atoms with Crippen LogP contribution in [-0.4, -0.2) is 10.9 Å². The summed E-state index contributed by atoms with van der Waals surface area (Å²) in [4.78, 5) is 8.29. The molecule has 0 saturated carbocycles. The van der Waals surface area contributed by atoms with Crippen LogP contribution in [0.25, 0.3) is 0 Å². The molecule has 55 valence electrons. The zero-order valence-electron chi connectivity index (χ0n) is 5.13. The van der Waals surface area contributed by atoms with Crippen molar-refractivity contribution in [3.63, 3.8) is 0 Å². The highest BCUT2D eigenvalue weighted by atomic mass is 31.2. The molecule has 1 radical (unpaired) electrons. The molecule has 2 unspecified atom stereocenters. The molecule has 0 aromatic carbocycles. The Labute approximate surface area is 63.2 Å². The maximum absolute atomic E-state index is 5.35. The second-order valence-electron chi connectivity index (χ2n) is 1.68. The number of nitrogens with one attached hydrogen (secondary N) is 1. The molecular weight excluding hydrogens is 191 g/mol. The summed E-state index contributed by atoms with van der Waals surface area (Å²) in [5.74, 6) is 0. The van der Waals surface area contributed by atoms with E-state index in [1.807, 2.05) is 6.92 Å². The van der Waals surface area contributed by atoms with Crippen LogP contribution in [-0.2, 0) is 9.36 Å². The summed E-state index contributed by atoms with van der Waals surface area (Å²) in [6, 6.07) is 0. The molecule has 1 saturated heterocycles. The first-order valence-corrected chi connectivity index (χ1v) is 5.52. The minimum atomic E-state index is -0.716. The van der Waals surface area contributed by atoms with Crippen LogP contribution in [0.5, 0.6) is 0 Å². The maximum Gasteiger partial charge on any atom is 0.228 e. The Morgan fingerprint density at radius 2 is 2.70 bits per heavy atom. The van der Waals surface area contributed by atoms with Crippen molar-refractivity contribution in [1.82, 2.24) is 9.46 Å². The van der Waals surface area contributed by atoms with Crippen LogP contribution in [0.4, 0.5) is 0 Å². The van der Waals surface area contributed by atoms with Crippen molar-refractivity contribution in [1.29, 1.82) is 0 Å². The van der Waals surface area contributed by atoms with E-state index < -0.39 is 8.45 Å². The molecule has 0 amide bonds. The highest BCUT2D eigenvalue weighted by molar-refractivity contribution is 7.67. The largest absolute Gasteiger partial charge is 0.297 e. The number of fused-ring (bicyclic) bond motifs is 1. The molecule has 2 heterocycles. The van der Waals surface area contributed by atoms with Crippen LogP contribution in [0.3, 0.4) is 0 Å². The van der Waals surface area contributed by atoms with Crippen molar-refractivity contribution in [3.05, 3.63) is 0 Å². The Hall–Kier alpha value is 0.800. The molecule has 0 bridgehead atoms. The Bertz CT molecular complexity index is 166. The van der Waals surface area contributed by atoms with Crippen molar-refractivity contribution in [2.75, 3.05) is 0 Å². The van der Waals surface area contributed by atoms with Gasteiger partial charge in [0.2, 0.25) is 8.45 Å². The summed E-state index contributed by atoms with van der Waals surface area (Å²) in [6.45, 7) is 1.87. The van der Waals surface area contributed by atoms with Crippen LogP contribution in [0.2, 0.25) is 0 Å². The van der Waals surface area contributed by atoms with Crippen LogP contribution < -0.4 is 4.86 Å². The normalized spacial score (nSPS) is 44.1. The summed E-state index contributed by atoms with van der Waals surface area (Å²) in [7, 11) is 1.01. The zero-order valence-corrected chi connectivity index (χ0v) is 7.81. The van der Waals surface area contributed by atoms with Gasteiger partial charge in [0.05, 0.1) is 0 Å². The van der Waals surface area contributed by atoms with E-state index in [-0.39, 0.29) is 6.29 Å². The summed E-state index contributed by atoms with van der Waals surface area (Å²) >= 11 is 0. The molecule has 10 heavy (non-hydrogen) atoms. The van der Waals surface area contributed by atoms with E-state index in [9.17, 15) is 0 Å². The molecule has 0 aromatic heterocycles. The molecule has 0 spiro atoms. The standard InChI is InChI=1S/C2H5N3O2P3/c1-2-6-5-9-3-8-4-10(5)7-2/h2,4H,1H3. The lowest BCUT2D eigenvalue weighted by molar-refractivity contribution is -0.0977. The Morgan fingerprint density at radius 3 is 3.50 bits per heavy atom. The van der Waals surface area contributed by atoms with E-state index in [0.29, 0.717) is 0 Å². The highest BCUT2D eigenvalue weighted by Crippen LogP contribution is 2.56. The number of hydrogen-bond acceptors (Lipinski definition) is 5. The number of hydrogen-bond donors (Lipinski definition) is 1. The van der Waals surface area contributed by atoms with Crippen molar-refractivity contribution in [3.8, 4) is 0 Å². The summed E-state index contributed by atoms with van der Waals surface area (Å²) in [5.41, 5.74) is 0. The first kappa shape index (κ1) is 7.45. The molecule has 1 fully saturated rings. The quantitative estimate of drug-likeness (QED) is 0.603. The van der Waals surface area contributed by atoms with Gasteiger partial charge in [0.1, 0.15) is 8.52 Å². The SMILES string of the molecule is CC1ON2P=N[P]NP2O1. The van der Waals surface area contributed by atoms with Gasteiger partial charge in [0, 0.05) is 0 Å². The van der Waals surface area contributed by atoms with E-state index in [2.05, 4.69) is 9.37 Å². The summed E-state index contributed by atoms with van der Waals surface area (Å²) < 4.78 is 11.1. The Balaban J connectivity index is 2.08. The lowest BCUT2D eigenvalue weighted by Gasteiger charge is -2.15. The smallest absolute Gasteiger partial charge is 0.228 e. The molecule has 2 rings (SSSR count). The average molecular weight is 196 g/mol. The minimum absolute atomic E-state index is 0.130. The number of rotatable bonds is 0. The van der Waals surface area contributed by atoms with Gasteiger partial charge in [-0.05, 0) is 6.92 Å². The van der Waals surface area contributed by atoms with Crippen molar-refractivity contribution >= 4 is 25.9 Å². The molecule has 2 aliphatic heterocycles. The summed E-state index contributed by atoms with van der Waals surface area (Å²) in [6.07, 6.45) is -0.130. The van der Waals surface area contributed by atoms with Gasteiger partial charge in [0.15, 0.2) is 15.2 Å². The lowest BCUT2D eigenvalue weighted by Crippen LogP contribution is -2.06. The predicted octanol–water partition coefficient (Wildman–Crippen LogP) is 2.25. The van der Waals surface area contributed by atoms with Gasteiger partial charge >= 0.3 is 0 Å². The molecule has 2 atom stereocenters. The van der Waals surface area contributed by atoms with Gasteiger partial charge in [-0.25, -0.2) is 9.37 Å². The van der Waals surface area contributed by atoms with Gasteiger partial charge in [-0.15, -0.1) is 0 Å². The van der Waals surface area contributed by atoms with Gasteiger partial charge < -0.3 is 0 Å². The van der Waals surface area contributed by atoms with Crippen LogP contribution in [0, 0.1) is 0 Å². The van der Waals surface area contributed by atoms with E-state index in [1.54, 1.807) is 4.60 Å². The van der Waals surface area contributed by atoms with Crippen molar-refractivity contribution in [2.24, 2.45) is 4.52 Å². The van der Waals surface area contributed by atoms with Gasteiger partial charge in [0.25, 0.3) is 0 Å². The second-order valence-corrected chi connectivity index (χ2v) is 5.38. The fourth-order valence-corrected chi connectivity index (χ4v) is 4.25. The van der Waals surface area contributed by atoms with Crippen LogP contribution in [0.15, 0.2) is 4.52 Å². The van der Waals surface area contributed by atoms with Gasteiger partial charge in [-0.2, -0.15) is 0 Å². The molecule has 0 aliphatic carbocycles. The first-order chi connectivity index (χ1) is 4.86. The fraction of sp³-hybridized carbons (Fsp3) is 1.00. The third kappa shape index (κ3) is 1.37. The van der Waals surface area contributed by atoms with Crippen molar-refractivity contribution < 1.29 is 9.36 Å². The molecule has 0 aromatic rings. The van der Waals surface area contributed by atoms with Gasteiger partial charge in [-0.3, -0.25) is 9.36 Å². The molecular formula is C2H5N3O2P3. The molecule has 2 aliphatic rings. The highest BCUT2D eigenvalue weighted by Gasteiger charge is 2.34. The minimum Gasteiger partial charge on any atom is -0.297 e. The van der Waals surface area contributed by atoms with Crippen LogP contribution in [0.1, 0.15) is 6.92 Å². The first-order valence-electron chi connectivity index (χ1n) is 2.66. The zero-order chi connectivity index (χ0) is 6.97. The predicted molar refractivity (Wildman–Crippen MR) is 39.8 cm³/mol. The third-order valence-electron chi connectivity index (χ3n) is 0.938. The Kier molecular flexibility index (Phi) is 2.26. The maximum atomic E-state index is 5.35. The number of nitrogens with zero attached hydrogens (tertiary/aromatic N) is 2. The second kappa shape index (κ2) is 3.04. The third-order valence-corrected chi connectivity index (χ3v) is 4.53. The lowest BCUT2D eigenvalue weighted by atomic mass is 10.8. The molecule has 1 N–H and O–H groups in total. The average Bonchev–Trinajstić information content (AvgIpc) is 2.27. The van der Waals surface area contributed by atoms with E-state index in [0.717, 1.165) is 17.4 Å². The van der Waals surface area contributed by atoms with E-state index in [4.69, 9.17) is 9.36 Å². The van der Waals surface area contributed by atoms with E-state index in [1.165, 1.54) is 0 Å². The van der Waals surface area contributed by atoms with E-state index >= 15 is 0 Å². The molecule has 5 nitrogen and oxygen atoms in total. The van der Waals surface area contributed by atoms with Gasteiger partial charge in [-0.1, -0.05) is 4.60 Å².